The van der Waals surface area contributed by atoms with Crippen molar-refractivity contribution in [3.63, 3.8) is 0 Å². The molecule has 0 aliphatic heterocycles. The molecule has 1 N–H and O–H groups in total. The standard InChI is InChI=1S/C3H6ClNO4S/c1-9-3(6)5-10(7,8)2-4/h2H2,1H3,(H,5,6). The van der Waals surface area contributed by atoms with Gasteiger partial charge in [-0.2, -0.15) is 0 Å². The molecule has 0 aromatic carbocycles. The minimum absolute atomic E-state index is 0.665. The van der Waals surface area contributed by atoms with Crippen molar-refractivity contribution >= 4 is 27.7 Å². The van der Waals surface area contributed by atoms with Crippen LogP contribution in [0.2, 0.25) is 0 Å². The summed E-state index contributed by atoms with van der Waals surface area (Å²) >= 11 is 4.94. The van der Waals surface area contributed by atoms with Crippen molar-refractivity contribution in [2.45, 2.75) is 0 Å². The molecule has 0 heterocycles. The smallest absolute Gasteiger partial charge is 0.420 e. The quantitative estimate of drug-likeness (QED) is 0.612. The second kappa shape index (κ2) is 3.62. The molecule has 0 aromatic heterocycles. The van der Waals surface area contributed by atoms with Crippen molar-refractivity contribution in [1.29, 1.82) is 0 Å². The summed E-state index contributed by atoms with van der Waals surface area (Å²) < 4.78 is 26.4. The Kier molecular flexibility index (Phi) is 3.45. The van der Waals surface area contributed by atoms with Crippen LogP contribution in [0.4, 0.5) is 4.79 Å². The molecule has 60 valence electrons. The van der Waals surface area contributed by atoms with Crippen molar-refractivity contribution in [3.05, 3.63) is 0 Å². The van der Waals surface area contributed by atoms with Gasteiger partial charge in [0, 0.05) is 0 Å². The third kappa shape index (κ3) is 3.52. The van der Waals surface area contributed by atoms with E-state index in [4.69, 9.17) is 11.6 Å². The van der Waals surface area contributed by atoms with Gasteiger partial charge in [-0.1, -0.05) is 0 Å². The molecule has 0 rings (SSSR count). The van der Waals surface area contributed by atoms with Crippen LogP contribution in [0.5, 0.6) is 0 Å². The SMILES string of the molecule is COC(=O)NS(=O)(=O)CCl. The van der Waals surface area contributed by atoms with E-state index < -0.39 is 21.3 Å². The molecule has 7 heteroatoms. The highest BCUT2D eigenvalue weighted by atomic mass is 35.5. The Hall–Kier alpha value is -0.490. The fourth-order valence-corrected chi connectivity index (χ4v) is 0.751. The molecular formula is C3H6ClNO4S. The van der Waals surface area contributed by atoms with Gasteiger partial charge in [0.1, 0.15) is 5.21 Å². The number of amides is 1. The van der Waals surface area contributed by atoms with Gasteiger partial charge in [-0.15, -0.1) is 11.6 Å². The van der Waals surface area contributed by atoms with Gasteiger partial charge in [0.15, 0.2) is 0 Å². The van der Waals surface area contributed by atoms with E-state index in [2.05, 4.69) is 4.74 Å². The summed E-state index contributed by atoms with van der Waals surface area (Å²) in [6.45, 7) is 0. The van der Waals surface area contributed by atoms with Gasteiger partial charge in [0.2, 0.25) is 0 Å². The Bertz CT molecular complexity index is 211. The van der Waals surface area contributed by atoms with Crippen LogP contribution in [0.25, 0.3) is 0 Å². The average Bonchev–Trinajstić information content (AvgIpc) is 1.87. The van der Waals surface area contributed by atoms with Crippen LogP contribution < -0.4 is 4.72 Å². The van der Waals surface area contributed by atoms with E-state index in [-0.39, 0.29) is 0 Å². The molecule has 10 heavy (non-hydrogen) atoms. The molecule has 0 atom stereocenters. The lowest BCUT2D eigenvalue weighted by atomic mass is 11.2. The maximum absolute atomic E-state index is 10.4. The largest absolute Gasteiger partial charge is 0.452 e. The Morgan fingerprint density at radius 3 is 2.50 bits per heavy atom. The first-order valence-electron chi connectivity index (χ1n) is 2.16. The van der Waals surface area contributed by atoms with E-state index in [1.54, 1.807) is 0 Å². The predicted octanol–water partition coefficient (Wildman–Crippen LogP) is -0.131. The molecule has 0 aliphatic carbocycles. The second-order valence-electron chi connectivity index (χ2n) is 1.32. The Morgan fingerprint density at radius 2 is 2.20 bits per heavy atom. The monoisotopic (exact) mass is 187 g/mol. The number of nitrogens with one attached hydrogen (secondary N) is 1. The Labute approximate surface area is 63.4 Å². The molecule has 0 saturated carbocycles. The minimum atomic E-state index is -3.69. The van der Waals surface area contributed by atoms with E-state index in [9.17, 15) is 13.2 Å². The van der Waals surface area contributed by atoms with Gasteiger partial charge in [-0.3, -0.25) is 0 Å². The average molecular weight is 188 g/mol. The zero-order valence-electron chi connectivity index (χ0n) is 5.13. The molecular weight excluding hydrogens is 182 g/mol. The lowest BCUT2D eigenvalue weighted by Gasteiger charge is -1.99. The lowest BCUT2D eigenvalue weighted by molar-refractivity contribution is 0.177. The number of ether oxygens (including phenoxy) is 1. The fraction of sp³-hybridized carbons (Fsp3) is 0.667. The molecule has 1 amide bonds. The number of hydrogen-bond acceptors (Lipinski definition) is 4. The number of sulfonamides is 1. The van der Waals surface area contributed by atoms with Crippen LogP contribution in [0, 0.1) is 0 Å². The maximum Gasteiger partial charge on any atom is 0.420 e. The molecule has 0 spiro atoms. The van der Waals surface area contributed by atoms with E-state index in [0.29, 0.717) is 0 Å². The number of carbonyl (C=O) groups is 1. The summed E-state index contributed by atoms with van der Waals surface area (Å²) in [5.74, 6) is 0. The number of rotatable bonds is 2. The molecule has 0 bridgehead atoms. The van der Waals surface area contributed by atoms with Gasteiger partial charge in [-0.25, -0.2) is 17.9 Å². The van der Waals surface area contributed by atoms with Crippen molar-refractivity contribution in [2.24, 2.45) is 0 Å². The van der Waals surface area contributed by atoms with Crippen LogP contribution in [-0.4, -0.2) is 26.8 Å². The number of methoxy groups -OCH3 is 1. The van der Waals surface area contributed by atoms with Crippen LogP contribution in [0.3, 0.4) is 0 Å². The highest BCUT2D eigenvalue weighted by Gasteiger charge is 2.11. The summed E-state index contributed by atoms with van der Waals surface area (Å²) in [4.78, 5) is 10.2. The summed E-state index contributed by atoms with van der Waals surface area (Å²) in [6, 6.07) is 0. The first-order valence-corrected chi connectivity index (χ1v) is 4.35. The van der Waals surface area contributed by atoms with Crippen molar-refractivity contribution in [2.75, 3.05) is 12.3 Å². The molecule has 5 nitrogen and oxygen atoms in total. The molecule has 0 aliphatic rings. The highest BCUT2D eigenvalue weighted by molar-refractivity contribution is 7.91. The van der Waals surface area contributed by atoms with E-state index >= 15 is 0 Å². The van der Waals surface area contributed by atoms with E-state index in [0.717, 1.165) is 7.11 Å². The molecule has 0 radical (unpaired) electrons. The van der Waals surface area contributed by atoms with Crippen LogP contribution >= 0.6 is 11.6 Å². The highest BCUT2D eigenvalue weighted by Crippen LogP contribution is 1.87. The topological polar surface area (TPSA) is 72.5 Å². The van der Waals surface area contributed by atoms with Gasteiger partial charge in [0.25, 0.3) is 10.0 Å². The number of alkyl halides is 1. The fourth-order valence-electron chi connectivity index (χ4n) is 0.196. The minimum Gasteiger partial charge on any atom is -0.452 e. The summed E-state index contributed by atoms with van der Waals surface area (Å²) in [7, 11) is -2.64. The normalized spacial score (nSPS) is 10.6. The van der Waals surface area contributed by atoms with Crippen molar-refractivity contribution < 1.29 is 17.9 Å². The Morgan fingerprint density at radius 1 is 1.70 bits per heavy atom. The second-order valence-corrected chi connectivity index (χ2v) is 3.62. The Balaban J connectivity index is 4.03. The van der Waals surface area contributed by atoms with Gasteiger partial charge >= 0.3 is 6.09 Å². The molecule has 0 unspecified atom stereocenters. The van der Waals surface area contributed by atoms with Crippen LogP contribution in [-0.2, 0) is 14.8 Å². The lowest BCUT2D eigenvalue weighted by Crippen LogP contribution is -2.30. The van der Waals surface area contributed by atoms with Crippen molar-refractivity contribution in [1.82, 2.24) is 4.72 Å². The summed E-state index contributed by atoms with van der Waals surface area (Å²) in [5.41, 5.74) is 0. The van der Waals surface area contributed by atoms with Gasteiger partial charge in [0.05, 0.1) is 7.11 Å². The van der Waals surface area contributed by atoms with Gasteiger partial charge in [-0.05, 0) is 0 Å². The first-order chi connectivity index (χ1) is 4.52. The number of carbonyl (C=O) groups excluding carboxylic acids is 1. The van der Waals surface area contributed by atoms with E-state index in [1.165, 1.54) is 4.72 Å². The van der Waals surface area contributed by atoms with Crippen LogP contribution in [0.1, 0.15) is 0 Å². The third-order valence-electron chi connectivity index (χ3n) is 0.568. The van der Waals surface area contributed by atoms with Gasteiger partial charge < -0.3 is 4.74 Å². The first kappa shape index (κ1) is 9.51. The summed E-state index contributed by atoms with van der Waals surface area (Å²) in [6.07, 6.45) is -1.04. The van der Waals surface area contributed by atoms with Crippen LogP contribution in [0.15, 0.2) is 0 Å². The zero-order chi connectivity index (χ0) is 8.20. The zero-order valence-corrected chi connectivity index (χ0v) is 6.70. The third-order valence-corrected chi connectivity index (χ3v) is 2.19. The number of halogens is 1. The maximum atomic E-state index is 10.4. The van der Waals surface area contributed by atoms with Crippen molar-refractivity contribution in [3.8, 4) is 0 Å². The molecule has 0 aromatic rings. The summed E-state index contributed by atoms with van der Waals surface area (Å²) in [5, 5.41) is -0.665. The predicted molar refractivity (Wildman–Crippen MR) is 35.2 cm³/mol. The molecule has 0 saturated heterocycles. The molecule has 0 fully saturated rings. The number of hydrogen-bond donors (Lipinski definition) is 1. The van der Waals surface area contributed by atoms with E-state index in [1.807, 2.05) is 0 Å².